The molecule has 0 unspecified atom stereocenters. The Balaban J connectivity index is 1.82. The fourth-order valence-electron chi connectivity index (χ4n) is 2.11. The summed E-state index contributed by atoms with van der Waals surface area (Å²) in [5.74, 6) is 0.685. The number of aromatic nitrogens is 1. The molecule has 2 aromatic rings. The number of anilines is 1. The number of amides is 2. The van der Waals surface area contributed by atoms with Gasteiger partial charge in [0.15, 0.2) is 5.13 Å². The van der Waals surface area contributed by atoms with Crippen LogP contribution in [-0.2, 0) is 9.59 Å². The summed E-state index contributed by atoms with van der Waals surface area (Å²) < 4.78 is 6.44. The Labute approximate surface area is 152 Å². The van der Waals surface area contributed by atoms with E-state index in [4.69, 9.17) is 4.74 Å². The third-order valence-corrected chi connectivity index (χ3v) is 4.40. The van der Waals surface area contributed by atoms with Crippen molar-refractivity contribution in [3.63, 3.8) is 0 Å². The molecule has 1 heterocycles. The molecule has 0 spiro atoms. The number of carbonyl (C=O) groups is 2. The number of hydrogen-bond acceptors (Lipinski definition) is 5. The van der Waals surface area contributed by atoms with Crippen LogP contribution in [0.2, 0.25) is 0 Å². The number of carbonyl (C=O) groups excluding carboxylic acids is 2. The maximum atomic E-state index is 12.0. The average molecular weight is 363 g/mol. The lowest BCUT2D eigenvalue weighted by atomic mass is 9.96. The van der Waals surface area contributed by atoms with Gasteiger partial charge < -0.3 is 15.4 Å². The number of ether oxygens (including phenoxy) is 1. The summed E-state index contributed by atoms with van der Waals surface area (Å²) in [5.41, 5.74) is 0.421. The minimum Gasteiger partial charge on any atom is -0.494 e. The summed E-state index contributed by atoms with van der Waals surface area (Å²) in [6.45, 7) is 8.62. The summed E-state index contributed by atoms with van der Waals surface area (Å²) in [6.07, 6.45) is 0.928. The number of hydrogen-bond donors (Lipinski definition) is 2. The highest BCUT2D eigenvalue weighted by Crippen LogP contribution is 2.29. The molecule has 136 valence electrons. The van der Waals surface area contributed by atoms with Crippen molar-refractivity contribution in [2.75, 3.05) is 18.5 Å². The monoisotopic (exact) mass is 363 g/mol. The highest BCUT2D eigenvalue weighted by molar-refractivity contribution is 7.22. The van der Waals surface area contributed by atoms with Crippen LogP contribution in [0.15, 0.2) is 18.2 Å². The zero-order valence-corrected chi connectivity index (χ0v) is 16.0. The summed E-state index contributed by atoms with van der Waals surface area (Å²) in [4.78, 5) is 28.2. The van der Waals surface area contributed by atoms with Gasteiger partial charge in [0.05, 0.1) is 16.8 Å². The van der Waals surface area contributed by atoms with Crippen LogP contribution in [0, 0.1) is 5.41 Å². The van der Waals surface area contributed by atoms with E-state index in [1.54, 1.807) is 0 Å². The van der Waals surface area contributed by atoms with E-state index in [1.165, 1.54) is 11.3 Å². The highest BCUT2D eigenvalue weighted by Gasteiger charge is 2.20. The summed E-state index contributed by atoms with van der Waals surface area (Å²) in [5, 5.41) is 6.23. The van der Waals surface area contributed by atoms with E-state index < -0.39 is 5.41 Å². The van der Waals surface area contributed by atoms with Crippen LogP contribution >= 0.6 is 11.3 Å². The van der Waals surface area contributed by atoms with E-state index in [0.717, 1.165) is 16.0 Å². The Morgan fingerprint density at radius 2 is 2.04 bits per heavy atom. The summed E-state index contributed by atoms with van der Waals surface area (Å²) in [7, 11) is 0. The van der Waals surface area contributed by atoms with E-state index in [0.29, 0.717) is 31.1 Å². The quantitative estimate of drug-likeness (QED) is 0.737. The van der Waals surface area contributed by atoms with Crippen LogP contribution in [0.4, 0.5) is 5.13 Å². The molecule has 0 saturated heterocycles. The second-order valence-electron chi connectivity index (χ2n) is 6.74. The van der Waals surface area contributed by atoms with Crippen molar-refractivity contribution >= 4 is 38.5 Å². The zero-order valence-electron chi connectivity index (χ0n) is 15.1. The smallest absolute Gasteiger partial charge is 0.226 e. The molecular formula is C18H25N3O3S. The van der Waals surface area contributed by atoms with Crippen LogP contribution in [0.25, 0.3) is 10.2 Å². The number of benzene rings is 1. The van der Waals surface area contributed by atoms with Crippen molar-refractivity contribution in [2.45, 2.75) is 40.5 Å². The van der Waals surface area contributed by atoms with E-state index >= 15 is 0 Å². The topological polar surface area (TPSA) is 80.3 Å². The average Bonchev–Trinajstić information content (AvgIpc) is 2.92. The third-order valence-electron chi connectivity index (χ3n) is 3.46. The maximum Gasteiger partial charge on any atom is 0.226 e. The molecule has 7 heteroatoms. The molecule has 0 atom stereocenters. The van der Waals surface area contributed by atoms with Gasteiger partial charge >= 0.3 is 0 Å². The van der Waals surface area contributed by atoms with Gasteiger partial charge in [-0.15, -0.1) is 0 Å². The van der Waals surface area contributed by atoms with Crippen LogP contribution in [-0.4, -0.2) is 29.9 Å². The Hall–Kier alpha value is -2.15. The number of thiazole rings is 1. The maximum absolute atomic E-state index is 12.0. The van der Waals surface area contributed by atoms with Gasteiger partial charge in [-0.25, -0.2) is 4.98 Å². The van der Waals surface area contributed by atoms with E-state index in [2.05, 4.69) is 15.6 Å². The first-order valence-corrected chi connectivity index (χ1v) is 9.23. The van der Waals surface area contributed by atoms with Crippen LogP contribution in [0.1, 0.15) is 40.5 Å². The lowest BCUT2D eigenvalue weighted by molar-refractivity contribution is -0.128. The highest BCUT2D eigenvalue weighted by atomic mass is 32.1. The van der Waals surface area contributed by atoms with E-state index in [9.17, 15) is 9.59 Å². The van der Waals surface area contributed by atoms with Gasteiger partial charge in [0, 0.05) is 18.4 Å². The Morgan fingerprint density at radius 1 is 1.28 bits per heavy atom. The fourth-order valence-corrected chi connectivity index (χ4v) is 3.02. The molecule has 0 fully saturated rings. The third kappa shape index (κ3) is 5.70. The molecule has 2 rings (SSSR count). The second kappa shape index (κ2) is 8.29. The van der Waals surface area contributed by atoms with Crippen molar-refractivity contribution in [3.05, 3.63) is 18.2 Å². The molecule has 1 aromatic carbocycles. The van der Waals surface area contributed by atoms with Crippen molar-refractivity contribution in [2.24, 2.45) is 5.41 Å². The van der Waals surface area contributed by atoms with E-state index in [-0.39, 0.29) is 11.8 Å². The molecule has 0 aliphatic heterocycles. The SMILES string of the molecule is CCOc1ccc2nc(NC(=O)CCCNC(=O)C(C)(C)C)sc2c1. The van der Waals surface area contributed by atoms with Crippen molar-refractivity contribution in [1.29, 1.82) is 0 Å². The van der Waals surface area contributed by atoms with Gasteiger partial charge in [0.25, 0.3) is 0 Å². The molecule has 2 amide bonds. The minimum absolute atomic E-state index is 0.0100. The molecule has 0 aliphatic carbocycles. The van der Waals surface area contributed by atoms with Gasteiger partial charge in [-0.05, 0) is 31.5 Å². The van der Waals surface area contributed by atoms with Gasteiger partial charge in [-0.1, -0.05) is 32.1 Å². The van der Waals surface area contributed by atoms with Crippen LogP contribution in [0.3, 0.4) is 0 Å². The Morgan fingerprint density at radius 3 is 2.72 bits per heavy atom. The number of nitrogens with one attached hydrogen (secondary N) is 2. The molecule has 0 bridgehead atoms. The standard InChI is InChI=1S/C18H25N3O3S/c1-5-24-12-8-9-13-14(11-12)25-17(20-13)21-15(22)7-6-10-19-16(23)18(2,3)4/h8-9,11H,5-7,10H2,1-4H3,(H,19,23)(H,20,21,22). The second-order valence-corrected chi connectivity index (χ2v) is 7.77. The number of fused-ring (bicyclic) bond motifs is 1. The van der Waals surface area contributed by atoms with Crippen molar-refractivity contribution in [1.82, 2.24) is 10.3 Å². The van der Waals surface area contributed by atoms with Crippen molar-refractivity contribution < 1.29 is 14.3 Å². The molecule has 0 radical (unpaired) electrons. The molecule has 0 aliphatic rings. The lowest BCUT2D eigenvalue weighted by Crippen LogP contribution is -2.35. The molecule has 6 nitrogen and oxygen atoms in total. The van der Waals surface area contributed by atoms with Gasteiger partial charge in [-0.3, -0.25) is 9.59 Å². The predicted octanol–water partition coefficient (Wildman–Crippen LogP) is 3.58. The lowest BCUT2D eigenvalue weighted by Gasteiger charge is -2.17. The Bertz CT molecular complexity index is 750. The zero-order chi connectivity index (χ0) is 18.4. The van der Waals surface area contributed by atoms with Gasteiger partial charge in [0.1, 0.15) is 5.75 Å². The molecule has 1 aromatic heterocycles. The predicted molar refractivity (Wildman–Crippen MR) is 101 cm³/mol. The summed E-state index contributed by atoms with van der Waals surface area (Å²) in [6, 6.07) is 5.68. The van der Waals surface area contributed by atoms with Gasteiger partial charge in [0.2, 0.25) is 11.8 Å². The largest absolute Gasteiger partial charge is 0.494 e. The van der Waals surface area contributed by atoms with Crippen LogP contribution < -0.4 is 15.4 Å². The molecule has 25 heavy (non-hydrogen) atoms. The normalized spacial score (nSPS) is 11.4. The van der Waals surface area contributed by atoms with Crippen molar-refractivity contribution in [3.8, 4) is 5.75 Å². The minimum atomic E-state index is -0.413. The molecule has 0 saturated carbocycles. The first-order valence-electron chi connectivity index (χ1n) is 8.41. The summed E-state index contributed by atoms with van der Waals surface area (Å²) >= 11 is 1.42. The van der Waals surface area contributed by atoms with Crippen LogP contribution in [0.5, 0.6) is 5.75 Å². The number of rotatable bonds is 7. The van der Waals surface area contributed by atoms with E-state index in [1.807, 2.05) is 45.9 Å². The first kappa shape index (κ1) is 19.2. The Kier molecular flexibility index (Phi) is 6.36. The van der Waals surface area contributed by atoms with Gasteiger partial charge in [-0.2, -0.15) is 0 Å². The fraction of sp³-hybridized carbons (Fsp3) is 0.500. The molecule has 2 N–H and O–H groups in total. The first-order chi connectivity index (χ1) is 11.8. The number of nitrogens with zero attached hydrogens (tertiary/aromatic N) is 1. The molecular weight excluding hydrogens is 338 g/mol.